The predicted octanol–water partition coefficient (Wildman–Crippen LogP) is 4.39. The highest BCUT2D eigenvalue weighted by Crippen LogP contribution is 2.29. The molecule has 1 fully saturated rings. The molecule has 1 saturated heterocycles. The van der Waals surface area contributed by atoms with E-state index in [0.717, 1.165) is 32.7 Å². The average Bonchev–Trinajstić information content (AvgIpc) is 3.00. The summed E-state index contributed by atoms with van der Waals surface area (Å²) in [7, 11) is 0. The number of anilines is 1. The second-order valence-electron chi connectivity index (χ2n) is 7.26. The molecule has 0 aliphatic carbocycles. The second-order valence-corrected chi connectivity index (χ2v) is 8.56. The van der Waals surface area contributed by atoms with Gasteiger partial charge in [-0.3, -0.25) is 24.8 Å². The number of nitrogens with zero attached hydrogens (tertiary/aromatic N) is 3. The Bertz CT molecular complexity index is 1260. The molecule has 1 aliphatic heterocycles. The van der Waals surface area contributed by atoms with E-state index in [9.17, 15) is 9.59 Å². The van der Waals surface area contributed by atoms with Crippen LogP contribution in [0.25, 0.3) is 11.8 Å². The molecule has 8 heteroatoms. The third-order valence-electron chi connectivity index (χ3n) is 5.18. The van der Waals surface area contributed by atoms with Crippen molar-refractivity contribution in [3.05, 3.63) is 81.4 Å². The molecule has 0 atom stereocenters. The van der Waals surface area contributed by atoms with Crippen molar-refractivity contribution in [2.24, 2.45) is 0 Å². The first-order chi connectivity index (χ1) is 14.8. The molecule has 31 heavy (non-hydrogen) atoms. The zero-order valence-corrected chi connectivity index (χ0v) is 19.5. The van der Waals surface area contributed by atoms with Crippen LogP contribution in [0, 0.1) is 20.8 Å². The van der Waals surface area contributed by atoms with Gasteiger partial charge in [0.15, 0.2) is 5.11 Å². The van der Waals surface area contributed by atoms with Gasteiger partial charge in [-0.05, 0) is 86.6 Å². The molecule has 0 unspecified atom stereocenters. The van der Waals surface area contributed by atoms with Gasteiger partial charge in [0.1, 0.15) is 5.57 Å². The Labute approximate surface area is 193 Å². The molecule has 2 aromatic heterocycles. The summed E-state index contributed by atoms with van der Waals surface area (Å²) in [6.07, 6.45) is 5.11. The van der Waals surface area contributed by atoms with Gasteiger partial charge in [-0.1, -0.05) is 15.9 Å². The van der Waals surface area contributed by atoms with Crippen molar-refractivity contribution in [1.82, 2.24) is 14.9 Å². The van der Waals surface area contributed by atoms with Crippen LogP contribution in [0.2, 0.25) is 0 Å². The minimum Gasteiger partial charge on any atom is -0.316 e. The summed E-state index contributed by atoms with van der Waals surface area (Å²) < 4.78 is 2.93. The minimum absolute atomic E-state index is 0.0300. The molecule has 3 heterocycles. The molecule has 0 bridgehead atoms. The normalized spacial score (nSPS) is 15.5. The molecule has 6 nitrogen and oxygen atoms in total. The second kappa shape index (κ2) is 8.20. The van der Waals surface area contributed by atoms with Crippen LogP contribution in [0.15, 0.2) is 58.8 Å². The quantitative estimate of drug-likeness (QED) is 0.333. The molecule has 0 saturated carbocycles. The number of carbonyl (C=O) groups excluding carboxylic acids is 2. The predicted molar refractivity (Wildman–Crippen MR) is 128 cm³/mol. The van der Waals surface area contributed by atoms with Crippen molar-refractivity contribution in [3.8, 4) is 5.69 Å². The first-order valence-electron chi connectivity index (χ1n) is 9.55. The number of aromatic nitrogens is 2. The maximum atomic E-state index is 13.3. The Balaban J connectivity index is 1.78. The van der Waals surface area contributed by atoms with Gasteiger partial charge in [-0.2, -0.15) is 0 Å². The Morgan fingerprint density at radius 3 is 2.58 bits per heavy atom. The molecule has 2 amide bonds. The highest BCUT2D eigenvalue weighted by molar-refractivity contribution is 9.10. The summed E-state index contributed by atoms with van der Waals surface area (Å²) >= 11 is 8.74. The topological polar surface area (TPSA) is 67.2 Å². The highest BCUT2D eigenvalue weighted by Gasteiger charge is 2.35. The monoisotopic (exact) mass is 494 g/mol. The van der Waals surface area contributed by atoms with E-state index in [1.807, 2.05) is 55.7 Å². The minimum atomic E-state index is -0.507. The smallest absolute Gasteiger partial charge is 0.270 e. The van der Waals surface area contributed by atoms with Gasteiger partial charge in [0.25, 0.3) is 11.8 Å². The van der Waals surface area contributed by atoms with Crippen LogP contribution in [0.4, 0.5) is 5.69 Å². The van der Waals surface area contributed by atoms with Gasteiger partial charge in [-0.15, -0.1) is 0 Å². The molecule has 1 aliphatic rings. The van der Waals surface area contributed by atoms with E-state index in [1.54, 1.807) is 24.5 Å². The number of halogens is 1. The van der Waals surface area contributed by atoms with Gasteiger partial charge in [0, 0.05) is 22.1 Å². The fourth-order valence-electron chi connectivity index (χ4n) is 3.72. The third-order valence-corrected chi connectivity index (χ3v) is 5.95. The van der Waals surface area contributed by atoms with Crippen LogP contribution < -0.4 is 10.2 Å². The lowest BCUT2D eigenvalue weighted by atomic mass is 10.1. The molecule has 4 rings (SSSR count). The van der Waals surface area contributed by atoms with Crippen LogP contribution in [0.5, 0.6) is 0 Å². The molecule has 3 aromatic rings. The van der Waals surface area contributed by atoms with Crippen molar-refractivity contribution in [2.75, 3.05) is 4.90 Å². The number of rotatable bonds is 3. The number of hydrogen-bond acceptors (Lipinski definition) is 4. The summed E-state index contributed by atoms with van der Waals surface area (Å²) in [6.45, 7) is 5.80. The van der Waals surface area contributed by atoms with Crippen LogP contribution in [-0.4, -0.2) is 26.5 Å². The molecule has 156 valence electrons. The van der Waals surface area contributed by atoms with Gasteiger partial charge < -0.3 is 4.57 Å². The summed E-state index contributed by atoms with van der Waals surface area (Å²) in [5.74, 6) is -0.961. The summed E-state index contributed by atoms with van der Waals surface area (Å²) in [6, 6.07) is 11.3. The zero-order valence-electron chi connectivity index (χ0n) is 17.1. The summed E-state index contributed by atoms with van der Waals surface area (Å²) in [5.41, 5.74) is 5.08. The lowest BCUT2D eigenvalue weighted by molar-refractivity contribution is -0.122. The Morgan fingerprint density at radius 2 is 1.90 bits per heavy atom. The van der Waals surface area contributed by atoms with Crippen molar-refractivity contribution < 1.29 is 9.59 Å². The van der Waals surface area contributed by atoms with E-state index in [-0.39, 0.29) is 10.7 Å². The lowest BCUT2D eigenvalue weighted by Gasteiger charge is -2.30. The van der Waals surface area contributed by atoms with Crippen LogP contribution in [0.1, 0.15) is 22.5 Å². The van der Waals surface area contributed by atoms with Crippen LogP contribution >= 0.6 is 28.1 Å². The summed E-state index contributed by atoms with van der Waals surface area (Å²) in [4.78, 5) is 31.6. The fraction of sp³-hybridized carbons (Fsp3) is 0.130. The average molecular weight is 495 g/mol. The van der Waals surface area contributed by atoms with Crippen molar-refractivity contribution in [2.45, 2.75) is 20.8 Å². The summed E-state index contributed by atoms with van der Waals surface area (Å²) in [5, 5.41) is 2.71. The zero-order chi connectivity index (χ0) is 22.3. The number of benzene rings is 1. The van der Waals surface area contributed by atoms with Gasteiger partial charge in [-0.25, -0.2) is 0 Å². The van der Waals surface area contributed by atoms with E-state index in [4.69, 9.17) is 12.2 Å². The van der Waals surface area contributed by atoms with E-state index in [0.29, 0.717) is 5.69 Å². The van der Waals surface area contributed by atoms with E-state index in [1.165, 1.54) is 4.90 Å². The van der Waals surface area contributed by atoms with Crippen molar-refractivity contribution in [1.29, 1.82) is 0 Å². The van der Waals surface area contributed by atoms with E-state index in [2.05, 4.69) is 26.2 Å². The molecular formula is C23H19BrN4O2S. The van der Waals surface area contributed by atoms with Crippen LogP contribution in [-0.2, 0) is 9.59 Å². The molecule has 1 aromatic carbocycles. The maximum Gasteiger partial charge on any atom is 0.270 e. The van der Waals surface area contributed by atoms with E-state index < -0.39 is 11.8 Å². The highest BCUT2D eigenvalue weighted by atomic mass is 79.9. The maximum absolute atomic E-state index is 13.3. The first kappa shape index (κ1) is 21.1. The largest absolute Gasteiger partial charge is 0.316 e. The Hall–Kier alpha value is -3.10. The molecular weight excluding hydrogens is 476 g/mol. The van der Waals surface area contributed by atoms with Crippen molar-refractivity contribution >= 4 is 56.8 Å². The Kier molecular flexibility index (Phi) is 5.60. The first-order valence-corrected chi connectivity index (χ1v) is 10.7. The van der Waals surface area contributed by atoms with Crippen molar-refractivity contribution in [3.63, 3.8) is 0 Å². The standard InChI is InChI=1S/C23H19BrN4O2S/c1-13-9-17(24)6-7-20(13)28-22(30)19(21(29)26-23(28)31)11-16-10-14(2)27(15(16)3)18-5-4-8-25-12-18/h4-12H,1-3H3,(H,26,29,31)/b19-11+. The molecule has 0 spiro atoms. The molecule has 1 N–H and O–H groups in total. The number of nitrogens with one attached hydrogen (secondary N) is 1. The number of pyridine rings is 1. The van der Waals surface area contributed by atoms with Gasteiger partial charge in [0.2, 0.25) is 0 Å². The Morgan fingerprint density at radius 1 is 1.13 bits per heavy atom. The van der Waals surface area contributed by atoms with Crippen LogP contribution in [0.3, 0.4) is 0 Å². The molecule has 0 radical (unpaired) electrons. The number of aryl methyl sites for hydroxylation is 2. The number of thiocarbonyl (C=S) groups is 1. The number of hydrogen-bond donors (Lipinski definition) is 1. The number of carbonyl (C=O) groups is 2. The van der Waals surface area contributed by atoms with Gasteiger partial charge in [0.05, 0.1) is 17.6 Å². The third kappa shape index (κ3) is 3.84. The SMILES string of the molecule is Cc1cc(Br)ccc1N1C(=O)/C(=C/c2cc(C)n(-c3cccnc3)c2C)C(=O)NC1=S. The van der Waals surface area contributed by atoms with Gasteiger partial charge >= 0.3 is 0 Å². The number of amides is 2. The fourth-order valence-corrected chi connectivity index (χ4v) is 4.47. The van der Waals surface area contributed by atoms with E-state index >= 15 is 0 Å². The lowest BCUT2D eigenvalue weighted by Crippen LogP contribution is -2.54.